The monoisotopic (exact) mass is 460 g/mol. The number of piperidine rings is 1. The van der Waals surface area contributed by atoms with Crippen molar-refractivity contribution in [2.75, 3.05) is 20.2 Å². The number of fused-ring (bicyclic) bond motifs is 1. The van der Waals surface area contributed by atoms with Crippen LogP contribution in [0.4, 0.5) is 0 Å². The fourth-order valence-corrected chi connectivity index (χ4v) is 4.37. The number of benzene rings is 2. The van der Waals surface area contributed by atoms with Gasteiger partial charge in [-0.05, 0) is 68.8 Å². The van der Waals surface area contributed by atoms with Crippen LogP contribution >= 0.6 is 0 Å². The molecule has 5 nitrogen and oxygen atoms in total. The standard InChI is InChI=1S/C27H30N2O3.C2H6/c1-19(31-26(2,3)4)29-15-13-27(14-16-29)17-22(21-11-9-20(18-28)10-12-21)25-23(30-5)7-6-8-24(25)32-27;1-2/h6-12,17H,1,13-16H2,2-5H3;1-2H3. The molecule has 180 valence electrons. The Hall–Kier alpha value is -3.39. The number of rotatable bonds is 4. The Morgan fingerprint density at radius 3 is 2.29 bits per heavy atom. The summed E-state index contributed by atoms with van der Waals surface area (Å²) in [4.78, 5) is 2.19. The molecule has 0 unspecified atom stereocenters. The molecule has 0 bridgehead atoms. The minimum absolute atomic E-state index is 0.272. The fourth-order valence-electron chi connectivity index (χ4n) is 4.37. The zero-order valence-corrected chi connectivity index (χ0v) is 21.3. The summed E-state index contributed by atoms with van der Waals surface area (Å²) in [6.07, 6.45) is 3.87. The van der Waals surface area contributed by atoms with E-state index in [1.165, 1.54) is 0 Å². The summed E-state index contributed by atoms with van der Waals surface area (Å²) >= 11 is 0. The Morgan fingerprint density at radius 1 is 1.09 bits per heavy atom. The van der Waals surface area contributed by atoms with Gasteiger partial charge in [-0.25, -0.2) is 0 Å². The number of hydrogen-bond donors (Lipinski definition) is 0. The molecule has 0 atom stereocenters. The summed E-state index contributed by atoms with van der Waals surface area (Å²) in [5, 5.41) is 9.19. The third kappa shape index (κ3) is 5.39. The molecule has 0 aromatic heterocycles. The van der Waals surface area contributed by atoms with Crippen molar-refractivity contribution in [3.05, 3.63) is 77.7 Å². The first-order chi connectivity index (χ1) is 16.2. The normalized spacial score (nSPS) is 16.1. The second-order valence-electron chi connectivity index (χ2n) is 9.34. The maximum atomic E-state index is 9.19. The maximum absolute atomic E-state index is 9.19. The molecule has 0 N–H and O–H groups in total. The first-order valence-corrected chi connectivity index (χ1v) is 12.0. The number of nitriles is 1. The van der Waals surface area contributed by atoms with Gasteiger partial charge in [0.1, 0.15) is 22.7 Å². The van der Waals surface area contributed by atoms with Crippen LogP contribution in [0.3, 0.4) is 0 Å². The molecule has 2 aliphatic rings. The molecule has 2 aliphatic heterocycles. The summed E-state index contributed by atoms with van der Waals surface area (Å²) in [7, 11) is 1.68. The van der Waals surface area contributed by atoms with E-state index in [2.05, 4.69) is 23.6 Å². The summed E-state index contributed by atoms with van der Waals surface area (Å²) in [5.74, 6) is 2.31. The van der Waals surface area contributed by atoms with Gasteiger partial charge in [0.25, 0.3) is 0 Å². The molecule has 1 spiro atoms. The molecular weight excluding hydrogens is 424 g/mol. The third-order valence-corrected chi connectivity index (χ3v) is 5.91. The highest BCUT2D eigenvalue weighted by Crippen LogP contribution is 2.47. The number of hydrogen-bond acceptors (Lipinski definition) is 5. The van der Waals surface area contributed by atoms with E-state index in [-0.39, 0.29) is 5.60 Å². The van der Waals surface area contributed by atoms with Crippen molar-refractivity contribution in [2.24, 2.45) is 0 Å². The average molecular weight is 461 g/mol. The van der Waals surface area contributed by atoms with E-state index in [1.807, 2.05) is 77.1 Å². The van der Waals surface area contributed by atoms with Gasteiger partial charge >= 0.3 is 0 Å². The van der Waals surface area contributed by atoms with Gasteiger partial charge in [-0.3, -0.25) is 0 Å². The lowest BCUT2D eigenvalue weighted by Gasteiger charge is -2.44. The van der Waals surface area contributed by atoms with E-state index in [1.54, 1.807) is 7.11 Å². The molecule has 0 saturated carbocycles. The van der Waals surface area contributed by atoms with Gasteiger partial charge in [-0.2, -0.15) is 5.26 Å². The maximum Gasteiger partial charge on any atom is 0.182 e. The second-order valence-corrected chi connectivity index (χ2v) is 9.34. The Morgan fingerprint density at radius 2 is 1.74 bits per heavy atom. The molecule has 2 aromatic rings. The first-order valence-electron chi connectivity index (χ1n) is 12.0. The van der Waals surface area contributed by atoms with Gasteiger partial charge in [0.05, 0.1) is 24.3 Å². The van der Waals surface area contributed by atoms with E-state index in [4.69, 9.17) is 14.2 Å². The molecule has 1 fully saturated rings. The van der Waals surface area contributed by atoms with Gasteiger partial charge in [-0.15, -0.1) is 0 Å². The van der Waals surface area contributed by atoms with E-state index < -0.39 is 5.60 Å². The van der Waals surface area contributed by atoms with Gasteiger partial charge in [0.2, 0.25) is 0 Å². The van der Waals surface area contributed by atoms with Crippen LogP contribution in [-0.2, 0) is 4.74 Å². The van der Waals surface area contributed by atoms with Crippen LogP contribution in [-0.4, -0.2) is 36.3 Å². The number of methoxy groups -OCH3 is 1. The van der Waals surface area contributed by atoms with Crippen molar-refractivity contribution < 1.29 is 14.2 Å². The van der Waals surface area contributed by atoms with Crippen LogP contribution in [0.1, 0.15) is 64.2 Å². The number of ether oxygens (including phenoxy) is 3. The smallest absolute Gasteiger partial charge is 0.182 e. The molecule has 34 heavy (non-hydrogen) atoms. The highest BCUT2D eigenvalue weighted by molar-refractivity contribution is 5.88. The first kappa shape index (κ1) is 25.2. The van der Waals surface area contributed by atoms with Crippen molar-refractivity contribution in [3.8, 4) is 17.6 Å². The highest BCUT2D eigenvalue weighted by atomic mass is 16.5. The fraction of sp³-hybridized carbons (Fsp3) is 0.414. The van der Waals surface area contributed by atoms with Gasteiger partial charge in [0, 0.05) is 25.9 Å². The molecule has 0 amide bonds. The lowest BCUT2D eigenvalue weighted by Crippen LogP contribution is -2.48. The van der Waals surface area contributed by atoms with Crippen molar-refractivity contribution in [2.45, 2.75) is 58.7 Å². The Balaban J connectivity index is 0.00000158. The van der Waals surface area contributed by atoms with Gasteiger partial charge < -0.3 is 19.1 Å². The number of likely N-dealkylation sites (tertiary alicyclic amines) is 1. The van der Waals surface area contributed by atoms with E-state index in [0.29, 0.717) is 11.4 Å². The van der Waals surface area contributed by atoms with E-state index in [9.17, 15) is 5.26 Å². The summed E-state index contributed by atoms with van der Waals surface area (Å²) in [6, 6.07) is 15.8. The zero-order valence-electron chi connectivity index (χ0n) is 21.3. The Bertz CT molecular complexity index is 1080. The lowest BCUT2D eigenvalue weighted by molar-refractivity contribution is -0.0241. The highest BCUT2D eigenvalue weighted by Gasteiger charge is 2.40. The van der Waals surface area contributed by atoms with Crippen LogP contribution in [0.25, 0.3) is 5.57 Å². The summed E-state index contributed by atoms with van der Waals surface area (Å²) in [5.41, 5.74) is 3.02. The van der Waals surface area contributed by atoms with Gasteiger partial charge in [0.15, 0.2) is 5.88 Å². The molecule has 0 radical (unpaired) electrons. The van der Waals surface area contributed by atoms with Crippen molar-refractivity contribution in [1.29, 1.82) is 5.26 Å². The predicted octanol–water partition coefficient (Wildman–Crippen LogP) is 6.54. The minimum atomic E-state index is -0.416. The van der Waals surface area contributed by atoms with Crippen LogP contribution in [0.15, 0.2) is 61.0 Å². The molecule has 5 heteroatoms. The zero-order chi connectivity index (χ0) is 24.9. The van der Waals surface area contributed by atoms with Crippen LogP contribution in [0.5, 0.6) is 11.5 Å². The van der Waals surface area contributed by atoms with Crippen molar-refractivity contribution in [1.82, 2.24) is 4.90 Å². The molecule has 0 aliphatic carbocycles. The molecule has 2 heterocycles. The number of nitrogens with zero attached hydrogens (tertiary/aromatic N) is 2. The van der Waals surface area contributed by atoms with Crippen molar-refractivity contribution in [3.63, 3.8) is 0 Å². The second kappa shape index (κ2) is 10.3. The minimum Gasteiger partial charge on any atom is -0.496 e. The van der Waals surface area contributed by atoms with Crippen molar-refractivity contribution >= 4 is 5.57 Å². The largest absolute Gasteiger partial charge is 0.496 e. The Kier molecular flexibility index (Phi) is 7.61. The van der Waals surface area contributed by atoms with Gasteiger partial charge in [-0.1, -0.05) is 32.0 Å². The third-order valence-electron chi connectivity index (χ3n) is 5.91. The molecule has 4 rings (SSSR count). The summed E-state index contributed by atoms with van der Waals surface area (Å²) in [6.45, 7) is 15.8. The van der Waals surface area contributed by atoms with Crippen LogP contribution < -0.4 is 9.47 Å². The Labute approximate surface area is 204 Å². The quantitative estimate of drug-likeness (QED) is 0.485. The van der Waals surface area contributed by atoms with E-state index in [0.717, 1.165) is 54.1 Å². The SMILES string of the molecule is C=C(OC(C)(C)C)N1CCC2(C=C(c3ccc(C#N)cc3)c3c(OC)cccc3O2)CC1.CC. The van der Waals surface area contributed by atoms with E-state index >= 15 is 0 Å². The summed E-state index contributed by atoms with van der Waals surface area (Å²) < 4.78 is 18.3. The predicted molar refractivity (Wildman–Crippen MR) is 137 cm³/mol. The van der Waals surface area contributed by atoms with Crippen LogP contribution in [0, 0.1) is 11.3 Å². The molecule has 1 saturated heterocycles. The van der Waals surface area contributed by atoms with Crippen LogP contribution in [0.2, 0.25) is 0 Å². The molecular formula is C29H36N2O3. The average Bonchev–Trinajstić information content (AvgIpc) is 2.83. The molecule has 2 aromatic carbocycles. The topological polar surface area (TPSA) is 54.7 Å². The lowest BCUT2D eigenvalue weighted by atomic mass is 9.82.